The lowest BCUT2D eigenvalue weighted by Gasteiger charge is -2.31. The number of halogens is 1. The Morgan fingerprint density at radius 3 is 2.45 bits per heavy atom. The monoisotopic (exact) mass is 280 g/mol. The molecule has 1 rings (SSSR count). The third kappa shape index (κ3) is 4.78. The van der Waals surface area contributed by atoms with E-state index in [1.165, 1.54) is 0 Å². The van der Waals surface area contributed by atoms with Crippen molar-refractivity contribution in [2.75, 3.05) is 11.4 Å². The van der Waals surface area contributed by atoms with E-state index in [1.807, 2.05) is 19.1 Å². The van der Waals surface area contributed by atoms with E-state index >= 15 is 0 Å². The van der Waals surface area contributed by atoms with Gasteiger partial charge in [0.2, 0.25) is 0 Å². The first-order valence-electron chi connectivity index (χ1n) is 7.80. The molecule has 0 saturated carbocycles. The summed E-state index contributed by atoms with van der Waals surface area (Å²) in [6.45, 7) is 9.32. The lowest BCUT2D eigenvalue weighted by Crippen LogP contribution is -2.34. The van der Waals surface area contributed by atoms with E-state index in [-0.39, 0.29) is 11.9 Å². The van der Waals surface area contributed by atoms with Crippen LogP contribution in [0.1, 0.15) is 52.5 Å². The van der Waals surface area contributed by atoms with Crippen molar-refractivity contribution in [3.8, 4) is 0 Å². The minimum Gasteiger partial charge on any atom is -0.366 e. The Hall–Kier alpha value is -1.09. The van der Waals surface area contributed by atoms with Crippen LogP contribution in [0.2, 0.25) is 0 Å². The molecule has 0 fully saturated rings. The quantitative estimate of drug-likeness (QED) is 0.776. The van der Waals surface area contributed by atoms with Gasteiger partial charge < -0.3 is 10.6 Å². The number of rotatable bonds is 8. The number of hydrogen-bond donors (Lipinski definition) is 1. The van der Waals surface area contributed by atoms with Crippen LogP contribution in [0.15, 0.2) is 18.2 Å². The molecule has 0 amide bonds. The van der Waals surface area contributed by atoms with Crippen molar-refractivity contribution in [2.45, 2.75) is 65.5 Å². The van der Waals surface area contributed by atoms with Gasteiger partial charge in [-0.1, -0.05) is 26.3 Å². The van der Waals surface area contributed by atoms with Crippen molar-refractivity contribution in [3.63, 3.8) is 0 Å². The molecule has 2 unspecified atom stereocenters. The molecule has 2 atom stereocenters. The maximum atomic E-state index is 14.4. The van der Waals surface area contributed by atoms with E-state index in [2.05, 4.69) is 25.7 Å². The molecule has 0 radical (unpaired) electrons. The number of unbranched alkanes of at least 4 members (excludes halogenated alkanes) is 1. The van der Waals surface area contributed by atoms with Gasteiger partial charge in [-0.15, -0.1) is 0 Å². The summed E-state index contributed by atoms with van der Waals surface area (Å²) >= 11 is 0. The van der Waals surface area contributed by atoms with Crippen molar-refractivity contribution >= 4 is 5.69 Å². The van der Waals surface area contributed by atoms with E-state index in [0.717, 1.165) is 43.5 Å². The number of anilines is 1. The van der Waals surface area contributed by atoms with Crippen LogP contribution in [0.3, 0.4) is 0 Å². The number of hydrogen-bond acceptors (Lipinski definition) is 2. The van der Waals surface area contributed by atoms with Gasteiger partial charge in [0.25, 0.3) is 0 Å². The van der Waals surface area contributed by atoms with Crippen molar-refractivity contribution in [2.24, 2.45) is 5.73 Å². The van der Waals surface area contributed by atoms with Gasteiger partial charge in [-0.2, -0.15) is 0 Å². The summed E-state index contributed by atoms with van der Waals surface area (Å²) in [7, 11) is 0. The van der Waals surface area contributed by atoms with Crippen LogP contribution in [0.25, 0.3) is 0 Å². The summed E-state index contributed by atoms with van der Waals surface area (Å²) in [6.07, 6.45) is 3.95. The molecule has 0 aliphatic rings. The average Bonchev–Trinajstić information content (AvgIpc) is 2.40. The van der Waals surface area contributed by atoms with Crippen molar-refractivity contribution in [1.82, 2.24) is 0 Å². The van der Waals surface area contributed by atoms with E-state index < -0.39 is 0 Å². The Morgan fingerprint density at radius 2 is 1.95 bits per heavy atom. The van der Waals surface area contributed by atoms with Gasteiger partial charge in [0.1, 0.15) is 5.82 Å². The highest BCUT2D eigenvalue weighted by molar-refractivity contribution is 5.50. The van der Waals surface area contributed by atoms with Crippen molar-refractivity contribution in [1.29, 1.82) is 0 Å². The number of nitrogens with zero attached hydrogens (tertiary/aromatic N) is 1. The molecule has 2 nitrogen and oxygen atoms in total. The normalized spacial score (nSPS) is 14.1. The summed E-state index contributed by atoms with van der Waals surface area (Å²) in [6, 6.07) is 5.97. The smallest absolute Gasteiger partial charge is 0.146 e. The first-order valence-corrected chi connectivity index (χ1v) is 7.80. The largest absolute Gasteiger partial charge is 0.366 e. The van der Waals surface area contributed by atoms with Gasteiger partial charge in [0.05, 0.1) is 5.69 Å². The zero-order valence-electron chi connectivity index (χ0n) is 13.3. The van der Waals surface area contributed by atoms with E-state index in [1.54, 1.807) is 6.07 Å². The van der Waals surface area contributed by atoms with E-state index in [0.29, 0.717) is 6.04 Å². The second-order valence-electron chi connectivity index (χ2n) is 5.77. The van der Waals surface area contributed by atoms with Crippen molar-refractivity contribution < 1.29 is 4.39 Å². The van der Waals surface area contributed by atoms with Crippen LogP contribution in [-0.2, 0) is 6.42 Å². The summed E-state index contributed by atoms with van der Waals surface area (Å²) in [5.74, 6) is -0.125. The summed E-state index contributed by atoms with van der Waals surface area (Å²) in [5, 5.41) is 0. The molecule has 114 valence electrons. The molecular weight excluding hydrogens is 251 g/mol. The van der Waals surface area contributed by atoms with Crippen LogP contribution in [0.5, 0.6) is 0 Å². The fourth-order valence-corrected chi connectivity index (χ4v) is 2.41. The van der Waals surface area contributed by atoms with Crippen LogP contribution in [0.4, 0.5) is 10.1 Å². The second kappa shape index (κ2) is 8.25. The maximum Gasteiger partial charge on any atom is 0.146 e. The topological polar surface area (TPSA) is 29.3 Å². The fourth-order valence-electron chi connectivity index (χ4n) is 2.41. The molecule has 1 aromatic rings. The van der Waals surface area contributed by atoms with Crippen LogP contribution in [0, 0.1) is 5.82 Å². The highest BCUT2D eigenvalue weighted by atomic mass is 19.1. The summed E-state index contributed by atoms with van der Waals surface area (Å²) in [4.78, 5) is 2.19. The molecule has 0 spiro atoms. The van der Waals surface area contributed by atoms with E-state index in [4.69, 9.17) is 5.73 Å². The highest BCUT2D eigenvalue weighted by Crippen LogP contribution is 2.24. The predicted octanol–water partition coefficient (Wildman–Crippen LogP) is 4.12. The molecular formula is C17H29FN2. The van der Waals surface area contributed by atoms with Crippen LogP contribution >= 0.6 is 0 Å². The summed E-state index contributed by atoms with van der Waals surface area (Å²) in [5.41, 5.74) is 7.47. The Morgan fingerprint density at radius 1 is 1.25 bits per heavy atom. The number of benzene rings is 1. The highest BCUT2D eigenvalue weighted by Gasteiger charge is 2.16. The molecule has 0 saturated heterocycles. The standard InChI is InChI=1S/C17H29FN2/c1-5-7-10-20(14(4)6-2)17-9-8-15(11-13(3)19)12-16(17)18/h8-9,12-14H,5-7,10-11,19H2,1-4H3. The van der Waals surface area contributed by atoms with Gasteiger partial charge in [0.15, 0.2) is 0 Å². The molecule has 0 aliphatic carbocycles. The Bertz CT molecular complexity index is 404. The zero-order chi connectivity index (χ0) is 15.1. The maximum absolute atomic E-state index is 14.4. The molecule has 0 bridgehead atoms. The predicted molar refractivity (Wildman–Crippen MR) is 85.8 cm³/mol. The van der Waals surface area contributed by atoms with Gasteiger partial charge in [-0.3, -0.25) is 0 Å². The van der Waals surface area contributed by atoms with Gasteiger partial charge >= 0.3 is 0 Å². The first-order chi connectivity index (χ1) is 9.49. The third-order valence-electron chi connectivity index (χ3n) is 3.75. The Kier molecular flexibility index (Phi) is 7.00. The second-order valence-corrected chi connectivity index (χ2v) is 5.77. The van der Waals surface area contributed by atoms with Crippen LogP contribution < -0.4 is 10.6 Å². The molecule has 2 N–H and O–H groups in total. The minimum absolute atomic E-state index is 0.0611. The van der Waals surface area contributed by atoms with E-state index in [9.17, 15) is 4.39 Å². The SMILES string of the molecule is CCCCN(c1ccc(CC(C)N)cc1F)C(C)CC. The summed E-state index contributed by atoms with van der Waals surface area (Å²) < 4.78 is 14.4. The molecule has 0 aromatic heterocycles. The molecule has 1 aromatic carbocycles. The van der Waals surface area contributed by atoms with Gasteiger partial charge in [0, 0.05) is 18.6 Å². The fraction of sp³-hybridized carbons (Fsp3) is 0.647. The number of nitrogens with two attached hydrogens (primary N) is 1. The molecule has 3 heteroatoms. The lowest BCUT2D eigenvalue weighted by atomic mass is 10.1. The Balaban J connectivity index is 2.95. The van der Waals surface area contributed by atoms with Gasteiger partial charge in [-0.25, -0.2) is 4.39 Å². The Labute approximate surface area is 123 Å². The van der Waals surface area contributed by atoms with Crippen LogP contribution in [-0.4, -0.2) is 18.6 Å². The molecule has 0 heterocycles. The third-order valence-corrected chi connectivity index (χ3v) is 3.75. The first kappa shape index (κ1) is 17.0. The molecule has 20 heavy (non-hydrogen) atoms. The van der Waals surface area contributed by atoms with Crippen molar-refractivity contribution in [3.05, 3.63) is 29.6 Å². The average molecular weight is 280 g/mol. The lowest BCUT2D eigenvalue weighted by molar-refractivity contribution is 0.563. The zero-order valence-corrected chi connectivity index (χ0v) is 13.3. The van der Waals surface area contributed by atoms with Gasteiger partial charge in [-0.05, 0) is 50.8 Å². The minimum atomic E-state index is -0.125. The molecule has 0 aliphatic heterocycles.